The van der Waals surface area contributed by atoms with Crippen LogP contribution in [0.1, 0.15) is 11.3 Å². The van der Waals surface area contributed by atoms with E-state index in [1.54, 1.807) is 6.20 Å². The van der Waals surface area contributed by atoms with Crippen LogP contribution in [0.2, 0.25) is 0 Å². The van der Waals surface area contributed by atoms with Gasteiger partial charge < -0.3 is 0 Å². The van der Waals surface area contributed by atoms with Crippen LogP contribution in [0.25, 0.3) is 0 Å². The lowest BCUT2D eigenvalue weighted by Crippen LogP contribution is -2.02. The fraction of sp³-hybridized carbons (Fsp3) is 0.286. The second-order valence-electron chi connectivity index (χ2n) is 2.08. The third kappa shape index (κ3) is 1.52. The van der Waals surface area contributed by atoms with E-state index >= 15 is 0 Å². The Morgan fingerprint density at radius 3 is 3.10 bits per heavy atom. The molecule has 1 rings (SSSR count). The second-order valence-corrected chi connectivity index (χ2v) is 2.08. The van der Waals surface area contributed by atoms with Crippen molar-refractivity contribution >= 4 is 0 Å². The van der Waals surface area contributed by atoms with E-state index in [1.807, 2.05) is 19.1 Å². The molecule has 2 N–H and O–H groups in total. The van der Waals surface area contributed by atoms with Gasteiger partial charge in [-0.15, -0.1) is 0 Å². The Morgan fingerprint density at radius 1 is 1.70 bits per heavy atom. The van der Waals surface area contributed by atoms with Gasteiger partial charge in [0.05, 0.1) is 5.69 Å². The number of nitrogens with two attached hydrogens (primary N) is 1. The van der Waals surface area contributed by atoms with E-state index in [9.17, 15) is 0 Å². The number of aromatic nitrogens is 1. The zero-order valence-electron chi connectivity index (χ0n) is 5.87. The molecule has 54 valence electrons. The zero-order chi connectivity index (χ0) is 7.40. The Bertz CT molecular complexity index is 213. The fourth-order valence-electron chi connectivity index (χ4n) is 0.748. The lowest BCUT2D eigenvalue weighted by molar-refractivity contribution is 0.121. The molecule has 3 nitrogen and oxygen atoms in total. The van der Waals surface area contributed by atoms with Crippen LogP contribution in [0.15, 0.2) is 18.3 Å². The standard InChI is InChI=1S/C7H10N2O/c1-6-3-2-4-9-7(6)5-10-8/h2-4H,5,8H2,1H3. The fourth-order valence-corrected chi connectivity index (χ4v) is 0.748. The minimum absolute atomic E-state index is 0.382. The Balaban J connectivity index is 2.81. The second kappa shape index (κ2) is 3.29. The molecule has 1 heterocycles. The molecule has 0 amide bonds. The number of aryl methyl sites for hydroxylation is 1. The zero-order valence-corrected chi connectivity index (χ0v) is 5.87. The Morgan fingerprint density at radius 2 is 2.50 bits per heavy atom. The molecule has 1 aromatic rings. The number of rotatable bonds is 2. The molecular formula is C7H10N2O. The molecule has 0 radical (unpaired) electrons. The van der Waals surface area contributed by atoms with Gasteiger partial charge in [-0.25, -0.2) is 5.90 Å². The molecule has 0 saturated carbocycles. The molecule has 0 saturated heterocycles. The molecule has 1 aromatic heterocycles. The summed E-state index contributed by atoms with van der Waals surface area (Å²) in [6.45, 7) is 2.36. The summed E-state index contributed by atoms with van der Waals surface area (Å²) in [6, 6.07) is 3.86. The van der Waals surface area contributed by atoms with E-state index in [2.05, 4.69) is 9.82 Å². The first-order valence-corrected chi connectivity index (χ1v) is 3.07. The summed E-state index contributed by atoms with van der Waals surface area (Å²) in [6.07, 6.45) is 1.72. The van der Waals surface area contributed by atoms with Gasteiger partial charge in [-0.2, -0.15) is 0 Å². The van der Waals surface area contributed by atoms with Crippen molar-refractivity contribution in [1.82, 2.24) is 4.98 Å². The first-order chi connectivity index (χ1) is 4.84. The number of pyridine rings is 1. The van der Waals surface area contributed by atoms with Crippen molar-refractivity contribution in [3.05, 3.63) is 29.6 Å². The normalized spacial score (nSPS) is 9.80. The van der Waals surface area contributed by atoms with Crippen molar-refractivity contribution in [2.24, 2.45) is 5.90 Å². The van der Waals surface area contributed by atoms with E-state index in [4.69, 9.17) is 5.90 Å². The largest absolute Gasteiger partial charge is 0.298 e. The van der Waals surface area contributed by atoms with Crippen molar-refractivity contribution in [3.8, 4) is 0 Å². The van der Waals surface area contributed by atoms with Crippen molar-refractivity contribution in [2.45, 2.75) is 13.5 Å². The predicted octanol–water partition coefficient (Wildman–Crippen LogP) is 0.780. The predicted molar refractivity (Wildman–Crippen MR) is 38.0 cm³/mol. The van der Waals surface area contributed by atoms with E-state index in [0.29, 0.717) is 6.61 Å². The molecule has 0 bridgehead atoms. The quantitative estimate of drug-likeness (QED) is 0.614. The van der Waals surface area contributed by atoms with E-state index in [-0.39, 0.29) is 0 Å². The average Bonchev–Trinajstić information content (AvgIpc) is 1.94. The summed E-state index contributed by atoms with van der Waals surface area (Å²) in [5.41, 5.74) is 2.00. The van der Waals surface area contributed by atoms with E-state index in [1.165, 1.54) is 0 Å². The van der Waals surface area contributed by atoms with E-state index in [0.717, 1.165) is 11.3 Å². The summed E-state index contributed by atoms with van der Waals surface area (Å²) in [5.74, 6) is 4.89. The van der Waals surface area contributed by atoms with Gasteiger partial charge in [0, 0.05) is 6.20 Å². The van der Waals surface area contributed by atoms with Crippen LogP contribution in [0.4, 0.5) is 0 Å². The SMILES string of the molecule is Cc1cccnc1CON. The van der Waals surface area contributed by atoms with E-state index < -0.39 is 0 Å². The molecule has 0 aromatic carbocycles. The van der Waals surface area contributed by atoms with Crippen LogP contribution in [0.5, 0.6) is 0 Å². The number of hydrogen-bond acceptors (Lipinski definition) is 3. The molecular weight excluding hydrogens is 128 g/mol. The van der Waals surface area contributed by atoms with Crippen molar-refractivity contribution in [3.63, 3.8) is 0 Å². The molecule has 0 spiro atoms. The highest BCUT2D eigenvalue weighted by atomic mass is 16.6. The number of nitrogens with zero attached hydrogens (tertiary/aromatic N) is 1. The van der Waals surface area contributed by atoms with Gasteiger partial charge in [-0.3, -0.25) is 9.82 Å². The molecule has 0 atom stereocenters. The summed E-state index contributed by atoms with van der Waals surface area (Å²) < 4.78 is 0. The van der Waals surface area contributed by atoms with Crippen LogP contribution in [-0.4, -0.2) is 4.98 Å². The van der Waals surface area contributed by atoms with Gasteiger partial charge >= 0.3 is 0 Å². The highest BCUT2D eigenvalue weighted by Crippen LogP contribution is 2.02. The molecule has 3 heteroatoms. The minimum Gasteiger partial charge on any atom is -0.298 e. The van der Waals surface area contributed by atoms with Gasteiger partial charge in [0.2, 0.25) is 0 Å². The Labute approximate surface area is 59.8 Å². The maximum Gasteiger partial charge on any atom is 0.110 e. The third-order valence-electron chi connectivity index (χ3n) is 1.34. The van der Waals surface area contributed by atoms with Crippen LogP contribution >= 0.6 is 0 Å². The van der Waals surface area contributed by atoms with Crippen molar-refractivity contribution in [1.29, 1.82) is 0 Å². The first-order valence-electron chi connectivity index (χ1n) is 3.07. The van der Waals surface area contributed by atoms with Gasteiger partial charge in [-0.05, 0) is 18.6 Å². The Hall–Kier alpha value is -0.930. The van der Waals surface area contributed by atoms with Crippen molar-refractivity contribution < 1.29 is 4.84 Å². The highest BCUT2D eigenvalue weighted by molar-refractivity contribution is 5.16. The third-order valence-corrected chi connectivity index (χ3v) is 1.34. The van der Waals surface area contributed by atoms with Gasteiger partial charge in [0.25, 0.3) is 0 Å². The molecule has 10 heavy (non-hydrogen) atoms. The monoisotopic (exact) mass is 138 g/mol. The van der Waals surface area contributed by atoms with Crippen molar-refractivity contribution in [2.75, 3.05) is 0 Å². The summed E-state index contributed by atoms with van der Waals surface area (Å²) >= 11 is 0. The van der Waals surface area contributed by atoms with Gasteiger partial charge in [-0.1, -0.05) is 6.07 Å². The summed E-state index contributed by atoms with van der Waals surface area (Å²) in [4.78, 5) is 8.51. The molecule has 0 fully saturated rings. The molecule has 0 aliphatic rings. The smallest absolute Gasteiger partial charge is 0.110 e. The molecule has 0 unspecified atom stereocenters. The number of hydrogen-bond donors (Lipinski definition) is 1. The minimum atomic E-state index is 0.382. The summed E-state index contributed by atoms with van der Waals surface area (Å²) in [5, 5.41) is 0. The molecule has 0 aliphatic heterocycles. The van der Waals surface area contributed by atoms with Crippen LogP contribution in [0.3, 0.4) is 0 Å². The summed E-state index contributed by atoms with van der Waals surface area (Å²) in [7, 11) is 0. The lowest BCUT2D eigenvalue weighted by atomic mass is 10.2. The average molecular weight is 138 g/mol. The highest BCUT2D eigenvalue weighted by Gasteiger charge is 1.95. The van der Waals surface area contributed by atoms with Gasteiger partial charge in [0.15, 0.2) is 0 Å². The lowest BCUT2D eigenvalue weighted by Gasteiger charge is -1.99. The van der Waals surface area contributed by atoms with Crippen LogP contribution in [0, 0.1) is 6.92 Å². The topological polar surface area (TPSA) is 48.1 Å². The maximum absolute atomic E-state index is 4.89. The Kier molecular flexibility index (Phi) is 2.36. The maximum atomic E-state index is 4.89. The van der Waals surface area contributed by atoms with Gasteiger partial charge in [0.1, 0.15) is 6.61 Å². The first kappa shape index (κ1) is 7.18. The molecule has 0 aliphatic carbocycles. The van der Waals surface area contributed by atoms with Crippen LogP contribution in [-0.2, 0) is 11.4 Å². The van der Waals surface area contributed by atoms with Crippen LogP contribution < -0.4 is 5.90 Å².